The van der Waals surface area contributed by atoms with Crippen molar-refractivity contribution in [1.29, 1.82) is 0 Å². The number of pyridine rings is 1. The number of aromatic nitrogens is 1. The van der Waals surface area contributed by atoms with Gasteiger partial charge in [-0.05, 0) is 31.4 Å². The molecule has 3 aliphatic heterocycles. The fourth-order valence-electron chi connectivity index (χ4n) is 5.93. The lowest BCUT2D eigenvalue weighted by Crippen LogP contribution is -2.45. The van der Waals surface area contributed by atoms with Crippen LogP contribution in [0.5, 0.6) is 0 Å². The SMILES string of the molecule is Cc1cccnc1CN(C)C(=O)[C@@H]1[C@@H]2C=C[C@@]3(CN(C4CCCCCC4)C(=O)[C@H]13)O2. The molecule has 0 radical (unpaired) electrons. The number of ether oxygens (including phenoxy) is 1. The third-order valence-electron chi connectivity index (χ3n) is 7.56. The number of nitrogens with zero attached hydrogens (tertiary/aromatic N) is 3. The lowest BCUT2D eigenvalue weighted by Gasteiger charge is -2.30. The second kappa shape index (κ2) is 7.49. The fraction of sp³-hybridized carbons (Fsp3) is 0.625. The summed E-state index contributed by atoms with van der Waals surface area (Å²) in [6.45, 7) is 3.05. The summed E-state index contributed by atoms with van der Waals surface area (Å²) in [6, 6.07) is 4.20. The van der Waals surface area contributed by atoms with Crippen LogP contribution in [0.4, 0.5) is 0 Å². The van der Waals surface area contributed by atoms with Crippen LogP contribution in [0.15, 0.2) is 30.5 Å². The molecule has 2 bridgehead atoms. The number of hydrogen-bond acceptors (Lipinski definition) is 4. The number of amides is 2. The van der Waals surface area contributed by atoms with Gasteiger partial charge < -0.3 is 14.5 Å². The highest BCUT2D eigenvalue weighted by Crippen LogP contribution is 2.53. The van der Waals surface area contributed by atoms with E-state index in [0.29, 0.717) is 19.1 Å². The normalized spacial score (nSPS) is 33.1. The van der Waals surface area contributed by atoms with E-state index in [1.807, 2.05) is 30.0 Å². The summed E-state index contributed by atoms with van der Waals surface area (Å²) in [5.74, 6) is -0.727. The summed E-state index contributed by atoms with van der Waals surface area (Å²) in [4.78, 5) is 35.2. The minimum atomic E-state index is -0.615. The molecule has 0 aromatic carbocycles. The van der Waals surface area contributed by atoms with E-state index in [0.717, 1.165) is 24.1 Å². The molecule has 30 heavy (non-hydrogen) atoms. The number of hydrogen-bond donors (Lipinski definition) is 0. The van der Waals surface area contributed by atoms with Crippen LogP contribution >= 0.6 is 0 Å². The van der Waals surface area contributed by atoms with Gasteiger partial charge in [-0.2, -0.15) is 0 Å². The second-order valence-electron chi connectivity index (χ2n) is 9.47. The lowest BCUT2D eigenvalue weighted by atomic mass is 9.76. The maximum absolute atomic E-state index is 13.6. The van der Waals surface area contributed by atoms with Crippen LogP contribution in [0.1, 0.15) is 49.8 Å². The van der Waals surface area contributed by atoms with Crippen molar-refractivity contribution in [2.45, 2.75) is 69.7 Å². The molecular weight excluding hydrogens is 378 g/mol. The minimum absolute atomic E-state index is 0.0163. The molecule has 0 unspecified atom stereocenters. The van der Waals surface area contributed by atoms with E-state index in [1.165, 1.54) is 25.7 Å². The molecular formula is C24H31N3O3. The van der Waals surface area contributed by atoms with Gasteiger partial charge in [0.15, 0.2) is 0 Å². The van der Waals surface area contributed by atoms with Gasteiger partial charge in [0, 0.05) is 19.3 Å². The summed E-state index contributed by atoms with van der Waals surface area (Å²) in [7, 11) is 1.81. The second-order valence-corrected chi connectivity index (χ2v) is 9.47. The van der Waals surface area contributed by atoms with Gasteiger partial charge in [-0.25, -0.2) is 0 Å². The molecule has 1 aliphatic carbocycles. The molecule has 1 aromatic heterocycles. The minimum Gasteiger partial charge on any atom is -0.360 e. The molecule has 1 aromatic rings. The molecule has 2 saturated heterocycles. The average Bonchev–Trinajstić information content (AvgIpc) is 3.29. The van der Waals surface area contributed by atoms with E-state index >= 15 is 0 Å². The third-order valence-corrected chi connectivity index (χ3v) is 7.56. The number of fused-ring (bicyclic) bond motifs is 1. The Bertz CT molecular complexity index is 876. The van der Waals surface area contributed by atoms with Crippen molar-refractivity contribution >= 4 is 11.8 Å². The van der Waals surface area contributed by atoms with Crippen LogP contribution in [-0.4, -0.2) is 57.9 Å². The molecule has 1 spiro atoms. The molecule has 3 fully saturated rings. The van der Waals surface area contributed by atoms with E-state index in [1.54, 1.807) is 18.1 Å². The first kappa shape index (κ1) is 19.7. The van der Waals surface area contributed by atoms with Crippen molar-refractivity contribution in [3.05, 3.63) is 41.7 Å². The highest BCUT2D eigenvalue weighted by molar-refractivity contribution is 5.93. The van der Waals surface area contributed by atoms with Crippen LogP contribution in [0, 0.1) is 18.8 Å². The zero-order valence-electron chi connectivity index (χ0n) is 17.9. The van der Waals surface area contributed by atoms with E-state index in [-0.39, 0.29) is 17.9 Å². The first-order valence-corrected chi connectivity index (χ1v) is 11.3. The van der Waals surface area contributed by atoms with E-state index < -0.39 is 17.4 Å². The van der Waals surface area contributed by atoms with Crippen LogP contribution in [0.25, 0.3) is 0 Å². The largest absolute Gasteiger partial charge is 0.360 e. The van der Waals surface area contributed by atoms with Crippen molar-refractivity contribution < 1.29 is 14.3 Å². The van der Waals surface area contributed by atoms with Crippen LogP contribution in [0.3, 0.4) is 0 Å². The van der Waals surface area contributed by atoms with Crippen molar-refractivity contribution in [1.82, 2.24) is 14.8 Å². The Morgan fingerprint density at radius 1 is 1.30 bits per heavy atom. The quantitative estimate of drug-likeness (QED) is 0.567. The number of carbonyl (C=O) groups is 2. The molecule has 160 valence electrons. The Morgan fingerprint density at radius 3 is 2.80 bits per heavy atom. The van der Waals surface area contributed by atoms with Crippen LogP contribution in [0.2, 0.25) is 0 Å². The number of carbonyl (C=O) groups excluding carboxylic acids is 2. The van der Waals surface area contributed by atoms with Gasteiger partial charge >= 0.3 is 0 Å². The first-order valence-electron chi connectivity index (χ1n) is 11.3. The van der Waals surface area contributed by atoms with Gasteiger partial charge in [0.25, 0.3) is 0 Å². The maximum Gasteiger partial charge on any atom is 0.230 e. The summed E-state index contributed by atoms with van der Waals surface area (Å²) < 4.78 is 6.33. The van der Waals surface area contributed by atoms with Gasteiger partial charge in [0.05, 0.1) is 36.7 Å². The first-order chi connectivity index (χ1) is 14.5. The number of likely N-dealkylation sites (tertiary alicyclic amines) is 1. The molecule has 2 amide bonds. The van der Waals surface area contributed by atoms with Crippen molar-refractivity contribution in [2.24, 2.45) is 11.8 Å². The van der Waals surface area contributed by atoms with Crippen molar-refractivity contribution in [2.75, 3.05) is 13.6 Å². The summed E-state index contributed by atoms with van der Waals surface area (Å²) in [6.07, 6.45) is 12.5. The van der Waals surface area contributed by atoms with Gasteiger partial charge in [-0.15, -0.1) is 0 Å². The Morgan fingerprint density at radius 2 is 2.07 bits per heavy atom. The van der Waals surface area contributed by atoms with Crippen LogP contribution < -0.4 is 0 Å². The standard InChI is InChI=1S/C24H31N3O3/c1-16-8-7-13-25-18(16)14-26(2)22(28)20-19-11-12-24(30-19)15-27(23(29)21(20)24)17-9-5-3-4-6-10-17/h7-8,11-13,17,19-21H,3-6,9-10,14-15H2,1-2H3/t19-,20+,21-,24-/m0/s1. The maximum atomic E-state index is 13.6. The van der Waals surface area contributed by atoms with E-state index in [4.69, 9.17) is 4.74 Å². The third kappa shape index (κ3) is 3.08. The van der Waals surface area contributed by atoms with Gasteiger partial charge in [-0.1, -0.05) is 43.9 Å². The predicted octanol–water partition coefficient (Wildman–Crippen LogP) is 2.85. The van der Waals surface area contributed by atoms with E-state index in [2.05, 4.69) is 11.1 Å². The Kier molecular flexibility index (Phi) is 4.92. The van der Waals surface area contributed by atoms with Crippen LogP contribution in [-0.2, 0) is 20.9 Å². The fourth-order valence-corrected chi connectivity index (χ4v) is 5.93. The molecule has 4 heterocycles. The van der Waals surface area contributed by atoms with E-state index in [9.17, 15) is 9.59 Å². The zero-order chi connectivity index (χ0) is 20.9. The molecule has 6 heteroatoms. The molecule has 6 nitrogen and oxygen atoms in total. The summed E-state index contributed by atoms with van der Waals surface area (Å²) in [5, 5.41) is 0. The lowest BCUT2D eigenvalue weighted by molar-refractivity contribution is -0.143. The molecule has 4 aliphatic rings. The van der Waals surface area contributed by atoms with Gasteiger partial charge in [0.2, 0.25) is 11.8 Å². The summed E-state index contributed by atoms with van der Waals surface area (Å²) in [5.41, 5.74) is 1.34. The number of aryl methyl sites for hydroxylation is 1. The highest BCUT2D eigenvalue weighted by Gasteiger charge is 2.67. The zero-order valence-corrected chi connectivity index (χ0v) is 17.9. The van der Waals surface area contributed by atoms with Crippen molar-refractivity contribution in [3.8, 4) is 0 Å². The van der Waals surface area contributed by atoms with Gasteiger partial charge in [-0.3, -0.25) is 14.6 Å². The van der Waals surface area contributed by atoms with Crippen molar-refractivity contribution in [3.63, 3.8) is 0 Å². The molecule has 1 saturated carbocycles. The highest BCUT2D eigenvalue weighted by atomic mass is 16.5. The summed E-state index contributed by atoms with van der Waals surface area (Å²) >= 11 is 0. The topological polar surface area (TPSA) is 62.7 Å². The Hall–Kier alpha value is -2.21. The smallest absolute Gasteiger partial charge is 0.230 e. The predicted molar refractivity (Wildman–Crippen MR) is 112 cm³/mol. The molecule has 4 atom stereocenters. The number of rotatable bonds is 4. The Labute approximate surface area is 178 Å². The molecule has 5 rings (SSSR count). The monoisotopic (exact) mass is 409 g/mol. The average molecular weight is 410 g/mol. The molecule has 0 N–H and O–H groups in total. The van der Waals surface area contributed by atoms with Gasteiger partial charge in [0.1, 0.15) is 5.60 Å². The Balaban J connectivity index is 1.36.